The number of hydrogen-bond donors (Lipinski definition) is 1. The molecule has 0 spiro atoms. The van der Waals surface area contributed by atoms with Crippen LogP contribution in [0.25, 0.3) is 11.4 Å². The number of nitrogens with one attached hydrogen (secondary N) is 1. The van der Waals surface area contributed by atoms with Crippen LogP contribution in [0.4, 0.5) is 0 Å². The summed E-state index contributed by atoms with van der Waals surface area (Å²) in [7, 11) is -2.04. The Labute approximate surface area is 141 Å². The number of sulfonamides is 1. The number of imidazole rings is 1. The summed E-state index contributed by atoms with van der Waals surface area (Å²) in [5, 5.41) is 4.27. The third-order valence-electron chi connectivity index (χ3n) is 3.77. The van der Waals surface area contributed by atoms with Gasteiger partial charge in [-0.1, -0.05) is 0 Å². The highest BCUT2D eigenvalue weighted by atomic mass is 32.2. The van der Waals surface area contributed by atoms with Crippen LogP contribution in [0.5, 0.6) is 0 Å². The monoisotopic (exact) mass is 345 g/mol. The Balaban J connectivity index is 1.87. The summed E-state index contributed by atoms with van der Waals surface area (Å²) in [4.78, 5) is 4.62. The quantitative estimate of drug-likeness (QED) is 0.737. The molecular weight excluding hydrogens is 326 g/mol. The van der Waals surface area contributed by atoms with Crippen molar-refractivity contribution in [2.24, 2.45) is 0 Å². The number of hydrogen-bond acceptors (Lipinski definition) is 4. The molecule has 0 saturated heterocycles. The Bertz CT molecular complexity index is 926. The van der Waals surface area contributed by atoms with Crippen LogP contribution in [0.1, 0.15) is 12.5 Å². The fourth-order valence-electron chi connectivity index (χ4n) is 2.46. The normalized spacial score (nSPS) is 11.8. The van der Waals surface area contributed by atoms with Crippen LogP contribution in [-0.2, 0) is 23.1 Å². The summed E-state index contributed by atoms with van der Waals surface area (Å²) in [6.45, 7) is 3.53. The molecule has 0 amide bonds. The van der Waals surface area contributed by atoms with E-state index in [9.17, 15) is 8.42 Å². The number of rotatable bonds is 6. The minimum absolute atomic E-state index is 0.232. The Kier molecular flexibility index (Phi) is 4.50. The average molecular weight is 345 g/mol. The summed E-state index contributed by atoms with van der Waals surface area (Å²) in [6, 6.07) is 6.68. The molecule has 0 atom stereocenters. The van der Waals surface area contributed by atoms with Gasteiger partial charge in [-0.15, -0.1) is 0 Å². The maximum atomic E-state index is 11.8. The first-order chi connectivity index (χ1) is 11.5. The fraction of sp³-hybridized carbons (Fsp3) is 0.250. The van der Waals surface area contributed by atoms with Crippen molar-refractivity contribution in [1.82, 2.24) is 24.1 Å². The molecule has 24 heavy (non-hydrogen) atoms. The number of nitrogens with zero attached hydrogens (tertiary/aromatic N) is 4. The lowest BCUT2D eigenvalue weighted by atomic mass is 10.2. The highest BCUT2D eigenvalue weighted by molar-refractivity contribution is 7.89. The lowest BCUT2D eigenvalue weighted by Gasteiger charge is -2.08. The standard InChI is InChI=1S/C16H19N5O2S/c1-3-21-12-13(10-19-21)11-20-9-8-18-16(20)14-4-6-15(7-5-14)24(22,23)17-2/h4-10,12,17H,3,11H2,1-2H3. The summed E-state index contributed by atoms with van der Waals surface area (Å²) < 4.78 is 29.8. The van der Waals surface area contributed by atoms with E-state index in [4.69, 9.17) is 0 Å². The van der Waals surface area contributed by atoms with Crippen LogP contribution >= 0.6 is 0 Å². The molecule has 2 heterocycles. The molecular formula is C16H19N5O2S. The zero-order valence-corrected chi connectivity index (χ0v) is 14.4. The molecule has 0 saturated carbocycles. The van der Waals surface area contributed by atoms with Gasteiger partial charge in [-0.05, 0) is 38.2 Å². The molecule has 126 valence electrons. The smallest absolute Gasteiger partial charge is 0.240 e. The van der Waals surface area contributed by atoms with Crippen LogP contribution in [0.15, 0.2) is 53.9 Å². The zero-order valence-electron chi connectivity index (χ0n) is 13.5. The van der Waals surface area contributed by atoms with E-state index in [1.54, 1.807) is 30.5 Å². The first-order valence-corrected chi connectivity index (χ1v) is 9.08. The van der Waals surface area contributed by atoms with E-state index in [0.29, 0.717) is 6.54 Å². The van der Waals surface area contributed by atoms with Crippen molar-refractivity contribution in [3.8, 4) is 11.4 Å². The van der Waals surface area contributed by atoms with Gasteiger partial charge >= 0.3 is 0 Å². The van der Waals surface area contributed by atoms with Crippen LogP contribution < -0.4 is 4.72 Å². The maximum Gasteiger partial charge on any atom is 0.240 e. The SMILES string of the molecule is CCn1cc(Cn2ccnc2-c2ccc(S(=O)(=O)NC)cc2)cn1. The number of aromatic nitrogens is 4. The van der Waals surface area contributed by atoms with Crippen molar-refractivity contribution in [1.29, 1.82) is 0 Å². The second kappa shape index (κ2) is 6.58. The zero-order chi connectivity index (χ0) is 17.2. The highest BCUT2D eigenvalue weighted by Crippen LogP contribution is 2.20. The van der Waals surface area contributed by atoms with E-state index < -0.39 is 10.0 Å². The molecule has 1 N–H and O–H groups in total. The van der Waals surface area contributed by atoms with E-state index in [-0.39, 0.29) is 4.90 Å². The molecule has 0 aliphatic rings. The molecule has 8 heteroatoms. The van der Waals surface area contributed by atoms with Crippen molar-refractivity contribution >= 4 is 10.0 Å². The van der Waals surface area contributed by atoms with Gasteiger partial charge < -0.3 is 4.57 Å². The number of aryl methyl sites for hydroxylation is 1. The third-order valence-corrected chi connectivity index (χ3v) is 5.20. The van der Waals surface area contributed by atoms with Crippen molar-refractivity contribution in [3.63, 3.8) is 0 Å². The van der Waals surface area contributed by atoms with Crippen molar-refractivity contribution in [2.75, 3.05) is 7.05 Å². The van der Waals surface area contributed by atoms with Gasteiger partial charge in [0.25, 0.3) is 0 Å². The Morgan fingerprint density at radius 2 is 1.96 bits per heavy atom. The molecule has 2 aromatic heterocycles. The van der Waals surface area contributed by atoms with Crippen LogP contribution in [-0.4, -0.2) is 34.8 Å². The van der Waals surface area contributed by atoms with Gasteiger partial charge in [0.15, 0.2) is 0 Å². The third kappa shape index (κ3) is 3.24. The predicted molar refractivity (Wildman–Crippen MR) is 90.9 cm³/mol. The van der Waals surface area contributed by atoms with E-state index >= 15 is 0 Å². The van der Waals surface area contributed by atoms with Gasteiger partial charge in [0.05, 0.1) is 17.6 Å². The average Bonchev–Trinajstić information content (AvgIpc) is 3.24. The maximum absolute atomic E-state index is 11.8. The van der Waals surface area contributed by atoms with Crippen LogP contribution in [0.3, 0.4) is 0 Å². The minimum Gasteiger partial charge on any atom is -0.326 e. The van der Waals surface area contributed by atoms with Crippen LogP contribution in [0, 0.1) is 0 Å². The van der Waals surface area contributed by atoms with Crippen molar-refractivity contribution in [2.45, 2.75) is 24.9 Å². The largest absolute Gasteiger partial charge is 0.326 e. The van der Waals surface area contributed by atoms with E-state index in [1.807, 2.05) is 34.8 Å². The molecule has 0 radical (unpaired) electrons. The first kappa shape index (κ1) is 16.4. The van der Waals surface area contributed by atoms with Gasteiger partial charge in [-0.2, -0.15) is 5.10 Å². The topological polar surface area (TPSA) is 81.8 Å². The first-order valence-electron chi connectivity index (χ1n) is 7.60. The summed E-state index contributed by atoms with van der Waals surface area (Å²) in [6.07, 6.45) is 7.48. The minimum atomic E-state index is -3.43. The molecule has 0 fully saturated rings. The lowest BCUT2D eigenvalue weighted by Crippen LogP contribution is -2.18. The van der Waals surface area contributed by atoms with Crippen molar-refractivity contribution < 1.29 is 8.42 Å². The molecule has 3 rings (SSSR count). The molecule has 0 aliphatic heterocycles. The van der Waals surface area contributed by atoms with Crippen LogP contribution in [0.2, 0.25) is 0 Å². The van der Waals surface area contributed by atoms with Gasteiger partial charge in [-0.25, -0.2) is 18.1 Å². The summed E-state index contributed by atoms with van der Waals surface area (Å²) in [5.41, 5.74) is 1.95. The molecule has 0 aliphatic carbocycles. The molecule has 1 aromatic carbocycles. The second-order valence-electron chi connectivity index (χ2n) is 5.31. The lowest BCUT2D eigenvalue weighted by molar-refractivity contribution is 0.588. The highest BCUT2D eigenvalue weighted by Gasteiger charge is 2.13. The van der Waals surface area contributed by atoms with Gasteiger partial charge in [0, 0.05) is 36.3 Å². The van der Waals surface area contributed by atoms with Crippen molar-refractivity contribution in [3.05, 3.63) is 54.6 Å². The predicted octanol–water partition coefficient (Wildman–Crippen LogP) is 1.72. The van der Waals surface area contributed by atoms with Gasteiger partial charge in [0.1, 0.15) is 5.82 Å². The Hall–Kier alpha value is -2.45. The van der Waals surface area contributed by atoms with E-state index in [0.717, 1.165) is 23.5 Å². The number of benzene rings is 1. The van der Waals surface area contributed by atoms with Gasteiger partial charge in [0.2, 0.25) is 10.0 Å². The second-order valence-corrected chi connectivity index (χ2v) is 7.20. The fourth-order valence-corrected chi connectivity index (χ4v) is 3.19. The summed E-state index contributed by atoms with van der Waals surface area (Å²) in [5.74, 6) is 0.785. The van der Waals surface area contributed by atoms with E-state index in [2.05, 4.69) is 14.8 Å². The Morgan fingerprint density at radius 3 is 2.58 bits per heavy atom. The van der Waals surface area contributed by atoms with Gasteiger partial charge in [-0.3, -0.25) is 4.68 Å². The Morgan fingerprint density at radius 1 is 1.21 bits per heavy atom. The molecule has 0 bridgehead atoms. The molecule has 3 aromatic rings. The molecule has 0 unspecified atom stereocenters. The molecule has 7 nitrogen and oxygen atoms in total. The summed E-state index contributed by atoms with van der Waals surface area (Å²) >= 11 is 0. The van der Waals surface area contributed by atoms with E-state index in [1.165, 1.54) is 7.05 Å².